The molecule has 0 aliphatic carbocycles. The van der Waals surface area contributed by atoms with E-state index in [4.69, 9.17) is 0 Å². The van der Waals surface area contributed by atoms with Gasteiger partial charge in [0, 0.05) is 6.54 Å². The average Bonchev–Trinajstić information content (AvgIpc) is 2.46. The van der Waals surface area contributed by atoms with Crippen LogP contribution in [0.1, 0.15) is 16.9 Å². The van der Waals surface area contributed by atoms with E-state index in [-0.39, 0.29) is 12.1 Å². The summed E-state index contributed by atoms with van der Waals surface area (Å²) in [5.41, 5.74) is 0.672. The molecule has 23 heavy (non-hydrogen) atoms. The first-order chi connectivity index (χ1) is 10.7. The molecule has 1 atom stereocenters. The lowest BCUT2D eigenvalue weighted by Crippen LogP contribution is -2.26. The topological polar surface area (TPSA) is 118 Å². The maximum atomic E-state index is 11.9. The lowest BCUT2D eigenvalue weighted by atomic mass is 10.2. The van der Waals surface area contributed by atoms with E-state index >= 15 is 0 Å². The van der Waals surface area contributed by atoms with Crippen LogP contribution < -0.4 is 0 Å². The Hall–Kier alpha value is -1.30. The Kier molecular flexibility index (Phi) is 5.55. The van der Waals surface area contributed by atoms with Crippen molar-refractivity contribution in [2.45, 2.75) is 12.3 Å². The van der Waals surface area contributed by atoms with Gasteiger partial charge >= 0.3 is 15.3 Å². The van der Waals surface area contributed by atoms with Gasteiger partial charge in [-0.2, -0.15) is 4.67 Å². The highest BCUT2D eigenvalue weighted by Gasteiger charge is 2.43. The number of hydrogen-bond acceptors (Lipinski definition) is 2. The van der Waals surface area contributed by atoms with Gasteiger partial charge in [0.1, 0.15) is 5.78 Å². The van der Waals surface area contributed by atoms with Crippen LogP contribution in [-0.2, 0) is 15.7 Å². The second-order valence-corrected chi connectivity index (χ2v) is 8.18. The molecule has 0 aliphatic heterocycles. The maximum Gasteiger partial charge on any atom is 0.404 e. The molecule has 2 aromatic carbocycles. The van der Waals surface area contributed by atoms with Crippen LogP contribution in [0.3, 0.4) is 0 Å². The molecule has 1 unspecified atom stereocenters. The second-order valence-electron chi connectivity index (χ2n) is 4.97. The standard InChI is InChI=1S/C14H17NO6P2/c16-22(17,18)14(13-9-5-2-6-10-13)15(23(19,20)21)11-12-7-3-1-4-8-12/h1-10,14H,11H2,(H2,16,17,18)(H2,19,20,21). The summed E-state index contributed by atoms with van der Waals surface area (Å²) in [5, 5.41) is 0. The predicted octanol–water partition coefficient (Wildman–Crippen LogP) is 2.46. The lowest BCUT2D eigenvalue weighted by molar-refractivity contribution is 0.228. The first-order valence-electron chi connectivity index (χ1n) is 6.66. The molecule has 0 fully saturated rings. The molecule has 0 spiro atoms. The van der Waals surface area contributed by atoms with Gasteiger partial charge in [0.05, 0.1) is 0 Å². The summed E-state index contributed by atoms with van der Waals surface area (Å²) >= 11 is 0. The van der Waals surface area contributed by atoms with Crippen LogP contribution in [0, 0.1) is 0 Å². The molecule has 124 valence electrons. The van der Waals surface area contributed by atoms with E-state index in [0.29, 0.717) is 10.2 Å². The zero-order valence-corrected chi connectivity index (χ0v) is 13.8. The van der Waals surface area contributed by atoms with Gasteiger partial charge in [0.25, 0.3) is 0 Å². The highest BCUT2D eigenvalue weighted by molar-refractivity contribution is 7.54. The zero-order chi connectivity index (χ0) is 17.1. The van der Waals surface area contributed by atoms with Crippen molar-refractivity contribution >= 4 is 15.3 Å². The number of rotatable bonds is 6. The van der Waals surface area contributed by atoms with E-state index in [0.717, 1.165) is 0 Å². The van der Waals surface area contributed by atoms with Gasteiger partial charge < -0.3 is 19.6 Å². The molecule has 2 aromatic rings. The molecule has 0 heterocycles. The largest absolute Gasteiger partial charge is 0.404 e. The molecule has 2 rings (SSSR count). The average molecular weight is 357 g/mol. The van der Waals surface area contributed by atoms with Crippen LogP contribution in [0.4, 0.5) is 0 Å². The molecule has 0 amide bonds. The monoisotopic (exact) mass is 357 g/mol. The summed E-state index contributed by atoms with van der Waals surface area (Å²) < 4.78 is 24.3. The van der Waals surface area contributed by atoms with Gasteiger partial charge in [-0.1, -0.05) is 60.7 Å². The van der Waals surface area contributed by atoms with E-state index in [1.54, 1.807) is 48.5 Å². The Morgan fingerprint density at radius 2 is 1.30 bits per heavy atom. The van der Waals surface area contributed by atoms with Crippen LogP contribution in [0.25, 0.3) is 0 Å². The second kappa shape index (κ2) is 7.07. The minimum absolute atomic E-state index is 0.139. The summed E-state index contributed by atoms with van der Waals surface area (Å²) in [5.74, 6) is -1.73. The summed E-state index contributed by atoms with van der Waals surface area (Å²) in [6.07, 6.45) is 0. The third-order valence-corrected chi connectivity index (χ3v) is 5.66. The van der Waals surface area contributed by atoms with Crippen molar-refractivity contribution in [1.82, 2.24) is 4.67 Å². The Morgan fingerprint density at radius 1 is 0.826 bits per heavy atom. The van der Waals surface area contributed by atoms with Crippen LogP contribution in [-0.4, -0.2) is 24.2 Å². The Bertz CT molecular complexity index is 727. The van der Waals surface area contributed by atoms with Crippen molar-refractivity contribution in [2.24, 2.45) is 0 Å². The van der Waals surface area contributed by atoms with Gasteiger partial charge in [-0.25, -0.2) is 4.57 Å². The van der Waals surface area contributed by atoms with Crippen LogP contribution in [0.15, 0.2) is 60.7 Å². The van der Waals surface area contributed by atoms with Gasteiger partial charge in [0.2, 0.25) is 0 Å². The Balaban J connectivity index is 2.50. The Morgan fingerprint density at radius 3 is 1.74 bits per heavy atom. The van der Waals surface area contributed by atoms with Crippen molar-refractivity contribution in [3.05, 3.63) is 71.8 Å². The molecule has 0 radical (unpaired) electrons. The highest BCUT2D eigenvalue weighted by Crippen LogP contribution is 2.61. The summed E-state index contributed by atoms with van der Waals surface area (Å²) in [6, 6.07) is 16.0. The molecule has 7 nitrogen and oxygen atoms in total. The molecule has 0 aromatic heterocycles. The van der Waals surface area contributed by atoms with Gasteiger partial charge in [-0.15, -0.1) is 0 Å². The van der Waals surface area contributed by atoms with Gasteiger partial charge in [-0.3, -0.25) is 4.57 Å². The Labute approximate surface area is 133 Å². The van der Waals surface area contributed by atoms with E-state index < -0.39 is 21.1 Å². The molecule has 0 saturated heterocycles. The number of nitrogens with zero attached hydrogens (tertiary/aromatic N) is 1. The van der Waals surface area contributed by atoms with Crippen molar-refractivity contribution in [3.8, 4) is 0 Å². The molecular weight excluding hydrogens is 340 g/mol. The third kappa shape index (κ3) is 4.83. The normalized spacial score (nSPS) is 14.0. The maximum absolute atomic E-state index is 11.9. The smallest absolute Gasteiger partial charge is 0.323 e. The fraction of sp³-hybridized carbons (Fsp3) is 0.143. The molecule has 9 heteroatoms. The summed E-state index contributed by atoms with van der Waals surface area (Å²) in [6.45, 7) is -0.296. The van der Waals surface area contributed by atoms with E-state index in [9.17, 15) is 28.7 Å². The van der Waals surface area contributed by atoms with Crippen LogP contribution in [0.2, 0.25) is 0 Å². The van der Waals surface area contributed by atoms with Crippen LogP contribution in [0.5, 0.6) is 0 Å². The number of hydrogen-bond donors (Lipinski definition) is 4. The molecule has 0 saturated carbocycles. The SMILES string of the molecule is O=P(O)(O)C(c1ccccc1)N(Cc1ccccc1)P(=O)(O)O. The zero-order valence-electron chi connectivity index (χ0n) is 12.0. The first kappa shape index (κ1) is 18.0. The predicted molar refractivity (Wildman–Crippen MR) is 85.3 cm³/mol. The number of benzene rings is 2. The highest BCUT2D eigenvalue weighted by atomic mass is 31.2. The van der Waals surface area contributed by atoms with Crippen molar-refractivity contribution in [2.75, 3.05) is 0 Å². The molecule has 4 N–H and O–H groups in total. The van der Waals surface area contributed by atoms with Crippen molar-refractivity contribution < 1.29 is 28.7 Å². The van der Waals surface area contributed by atoms with E-state index in [2.05, 4.69) is 0 Å². The fourth-order valence-corrected chi connectivity index (χ4v) is 4.82. The molecular formula is C14H17NO6P2. The first-order valence-corrected chi connectivity index (χ1v) is 9.91. The summed E-state index contributed by atoms with van der Waals surface area (Å²) in [4.78, 5) is 38.6. The van der Waals surface area contributed by atoms with E-state index in [1.807, 2.05) is 0 Å². The van der Waals surface area contributed by atoms with Crippen LogP contribution >= 0.6 is 15.3 Å². The van der Waals surface area contributed by atoms with E-state index in [1.165, 1.54) is 12.1 Å². The summed E-state index contributed by atoms with van der Waals surface area (Å²) in [7, 11) is -9.77. The van der Waals surface area contributed by atoms with Crippen molar-refractivity contribution in [3.63, 3.8) is 0 Å². The third-order valence-electron chi connectivity index (χ3n) is 3.22. The van der Waals surface area contributed by atoms with Gasteiger partial charge in [0.15, 0.2) is 0 Å². The van der Waals surface area contributed by atoms with Crippen molar-refractivity contribution in [1.29, 1.82) is 0 Å². The lowest BCUT2D eigenvalue weighted by Gasteiger charge is -2.32. The fourth-order valence-electron chi connectivity index (χ4n) is 2.26. The quantitative estimate of drug-likeness (QED) is 0.587. The molecule has 0 bridgehead atoms. The van der Waals surface area contributed by atoms with Gasteiger partial charge in [-0.05, 0) is 11.1 Å². The minimum atomic E-state index is -4.92. The molecule has 0 aliphatic rings. The minimum Gasteiger partial charge on any atom is -0.323 e.